The van der Waals surface area contributed by atoms with E-state index in [1.54, 1.807) is 12.2 Å². The van der Waals surface area contributed by atoms with Crippen LogP contribution in [0.25, 0.3) is 0 Å². The summed E-state index contributed by atoms with van der Waals surface area (Å²) in [6.45, 7) is 7.83. The molecule has 0 bridgehead atoms. The molecule has 0 heterocycles. The maximum atomic E-state index is 11.8. The molecule has 3 heteroatoms. The average molecular weight is 194 g/mol. The molecule has 0 aromatic carbocycles. The van der Waals surface area contributed by atoms with Crippen molar-refractivity contribution in [2.75, 3.05) is 6.54 Å². The lowest BCUT2D eigenvalue weighted by atomic mass is 10.2. The lowest BCUT2D eigenvalue weighted by Crippen LogP contribution is -2.44. The Morgan fingerprint density at radius 3 is 2.57 bits per heavy atom. The second-order valence-electron chi connectivity index (χ2n) is 3.64. The minimum absolute atomic E-state index is 0.0206. The SMILES string of the molecule is C=CCC(N)C(=O)N(CC=C)C1CC1. The van der Waals surface area contributed by atoms with Crippen LogP contribution in [-0.4, -0.2) is 29.4 Å². The van der Waals surface area contributed by atoms with Gasteiger partial charge in [0.1, 0.15) is 0 Å². The highest BCUT2D eigenvalue weighted by Crippen LogP contribution is 2.27. The summed E-state index contributed by atoms with van der Waals surface area (Å²) in [5.74, 6) is 0.0206. The summed E-state index contributed by atoms with van der Waals surface area (Å²) in [4.78, 5) is 13.6. The van der Waals surface area contributed by atoms with Gasteiger partial charge in [-0.05, 0) is 19.3 Å². The van der Waals surface area contributed by atoms with Crippen LogP contribution in [0.1, 0.15) is 19.3 Å². The average Bonchev–Trinajstić information content (AvgIpc) is 2.97. The molecule has 1 aliphatic rings. The highest BCUT2D eigenvalue weighted by atomic mass is 16.2. The van der Waals surface area contributed by atoms with Crippen LogP contribution in [0.2, 0.25) is 0 Å². The van der Waals surface area contributed by atoms with E-state index >= 15 is 0 Å². The molecular formula is C11H18N2O. The Labute approximate surface area is 85.3 Å². The van der Waals surface area contributed by atoms with Crippen LogP contribution < -0.4 is 5.73 Å². The van der Waals surface area contributed by atoms with Crippen LogP contribution in [0.15, 0.2) is 25.3 Å². The maximum absolute atomic E-state index is 11.8. The van der Waals surface area contributed by atoms with Crippen molar-refractivity contribution < 1.29 is 4.79 Å². The topological polar surface area (TPSA) is 46.3 Å². The number of carbonyl (C=O) groups excluding carboxylic acids is 1. The summed E-state index contributed by atoms with van der Waals surface area (Å²) >= 11 is 0. The van der Waals surface area contributed by atoms with Gasteiger partial charge in [-0.2, -0.15) is 0 Å². The van der Waals surface area contributed by atoms with Gasteiger partial charge in [-0.1, -0.05) is 12.2 Å². The van der Waals surface area contributed by atoms with Crippen molar-refractivity contribution in [2.45, 2.75) is 31.3 Å². The fraction of sp³-hybridized carbons (Fsp3) is 0.545. The number of hydrogen-bond donors (Lipinski definition) is 1. The van der Waals surface area contributed by atoms with Crippen molar-refractivity contribution in [3.05, 3.63) is 25.3 Å². The normalized spacial score (nSPS) is 17.2. The van der Waals surface area contributed by atoms with E-state index in [9.17, 15) is 4.79 Å². The number of nitrogens with two attached hydrogens (primary N) is 1. The molecule has 1 unspecified atom stereocenters. The van der Waals surface area contributed by atoms with Crippen molar-refractivity contribution in [3.8, 4) is 0 Å². The molecule has 78 valence electrons. The van der Waals surface area contributed by atoms with Crippen LogP contribution in [0, 0.1) is 0 Å². The van der Waals surface area contributed by atoms with Gasteiger partial charge in [-0.15, -0.1) is 13.2 Å². The Balaban J connectivity index is 2.52. The predicted molar refractivity (Wildman–Crippen MR) is 57.7 cm³/mol. The molecule has 1 saturated carbocycles. The second kappa shape index (κ2) is 4.96. The molecular weight excluding hydrogens is 176 g/mol. The lowest BCUT2D eigenvalue weighted by Gasteiger charge is -2.23. The third-order valence-electron chi connectivity index (χ3n) is 2.33. The third kappa shape index (κ3) is 2.70. The van der Waals surface area contributed by atoms with Crippen molar-refractivity contribution in [1.82, 2.24) is 4.90 Å². The first-order valence-corrected chi connectivity index (χ1v) is 4.98. The predicted octanol–water partition coefficient (Wildman–Crippen LogP) is 1.07. The molecule has 0 aliphatic heterocycles. The van der Waals surface area contributed by atoms with Gasteiger partial charge in [0.15, 0.2) is 0 Å². The van der Waals surface area contributed by atoms with E-state index in [2.05, 4.69) is 13.2 Å². The van der Waals surface area contributed by atoms with Gasteiger partial charge in [-0.3, -0.25) is 4.79 Å². The first-order valence-electron chi connectivity index (χ1n) is 4.98. The van der Waals surface area contributed by atoms with Crippen LogP contribution in [0.3, 0.4) is 0 Å². The molecule has 0 aromatic rings. The summed E-state index contributed by atoms with van der Waals surface area (Å²) in [7, 11) is 0. The number of carbonyl (C=O) groups is 1. The molecule has 3 nitrogen and oxygen atoms in total. The standard InChI is InChI=1S/C11H18N2O/c1-3-5-10(12)11(14)13(8-4-2)9-6-7-9/h3-4,9-10H,1-2,5-8,12H2. The Morgan fingerprint density at radius 1 is 1.50 bits per heavy atom. The van der Waals surface area contributed by atoms with Gasteiger partial charge in [0.25, 0.3) is 0 Å². The van der Waals surface area contributed by atoms with Crippen molar-refractivity contribution >= 4 is 5.91 Å². The van der Waals surface area contributed by atoms with E-state index in [-0.39, 0.29) is 5.91 Å². The smallest absolute Gasteiger partial charge is 0.240 e. The van der Waals surface area contributed by atoms with Crippen LogP contribution >= 0.6 is 0 Å². The zero-order chi connectivity index (χ0) is 10.6. The fourth-order valence-corrected chi connectivity index (χ4v) is 1.44. The molecule has 1 fully saturated rings. The van der Waals surface area contributed by atoms with Crippen LogP contribution in [-0.2, 0) is 4.79 Å². The number of nitrogens with zero attached hydrogens (tertiary/aromatic N) is 1. The van der Waals surface area contributed by atoms with Gasteiger partial charge < -0.3 is 10.6 Å². The first-order chi connectivity index (χ1) is 6.70. The van der Waals surface area contributed by atoms with Crippen molar-refractivity contribution in [3.63, 3.8) is 0 Å². The van der Waals surface area contributed by atoms with E-state index in [4.69, 9.17) is 5.73 Å². The summed E-state index contributed by atoms with van der Waals surface area (Å²) in [5, 5.41) is 0. The van der Waals surface area contributed by atoms with Gasteiger partial charge in [0.05, 0.1) is 6.04 Å². The molecule has 0 aromatic heterocycles. The summed E-state index contributed by atoms with van der Waals surface area (Å²) < 4.78 is 0. The lowest BCUT2D eigenvalue weighted by molar-refractivity contribution is -0.132. The molecule has 0 radical (unpaired) electrons. The Kier molecular flexibility index (Phi) is 3.89. The zero-order valence-corrected chi connectivity index (χ0v) is 8.48. The molecule has 2 N–H and O–H groups in total. The number of hydrogen-bond acceptors (Lipinski definition) is 2. The molecule has 1 amide bonds. The summed E-state index contributed by atoms with van der Waals surface area (Å²) in [6.07, 6.45) is 6.17. The minimum atomic E-state index is -0.437. The Hall–Kier alpha value is -1.09. The van der Waals surface area contributed by atoms with Gasteiger partial charge in [-0.25, -0.2) is 0 Å². The second-order valence-corrected chi connectivity index (χ2v) is 3.64. The zero-order valence-electron chi connectivity index (χ0n) is 8.48. The van der Waals surface area contributed by atoms with Gasteiger partial charge in [0, 0.05) is 12.6 Å². The molecule has 14 heavy (non-hydrogen) atoms. The van der Waals surface area contributed by atoms with E-state index in [0.29, 0.717) is 19.0 Å². The fourth-order valence-electron chi connectivity index (χ4n) is 1.44. The van der Waals surface area contributed by atoms with Crippen molar-refractivity contribution in [2.24, 2.45) is 5.73 Å². The van der Waals surface area contributed by atoms with E-state index in [1.165, 1.54) is 0 Å². The highest BCUT2D eigenvalue weighted by molar-refractivity contribution is 5.82. The van der Waals surface area contributed by atoms with Gasteiger partial charge in [0.2, 0.25) is 5.91 Å². The van der Waals surface area contributed by atoms with Crippen LogP contribution in [0.4, 0.5) is 0 Å². The molecule has 1 atom stereocenters. The first kappa shape index (κ1) is 11.0. The van der Waals surface area contributed by atoms with Gasteiger partial charge >= 0.3 is 0 Å². The maximum Gasteiger partial charge on any atom is 0.240 e. The number of rotatable bonds is 6. The summed E-state index contributed by atoms with van der Waals surface area (Å²) in [5.41, 5.74) is 5.73. The quantitative estimate of drug-likeness (QED) is 0.643. The minimum Gasteiger partial charge on any atom is -0.335 e. The van der Waals surface area contributed by atoms with Crippen molar-refractivity contribution in [1.29, 1.82) is 0 Å². The third-order valence-corrected chi connectivity index (χ3v) is 2.33. The van der Waals surface area contributed by atoms with E-state index in [0.717, 1.165) is 12.8 Å². The highest BCUT2D eigenvalue weighted by Gasteiger charge is 2.33. The monoisotopic (exact) mass is 194 g/mol. The Bertz CT molecular complexity index is 233. The Morgan fingerprint density at radius 2 is 2.14 bits per heavy atom. The van der Waals surface area contributed by atoms with Crippen LogP contribution in [0.5, 0.6) is 0 Å². The van der Waals surface area contributed by atoms with E-state index < -0.39 is 6.04 Å². The molecule has 0 saturated heterocycles. The number of amides is 1. The largest absolute Gasteiger partial charge is 0.335 e. The molecule has 1 aliphatic carbocycles. The summed E-state index contributed by atoms with van der Waals surface area (Å²) in [6, 6.07) is -0.0376. The van der Waals surface area contributed by atoms with E-state index in [1.807, 2.05) is 4.90 Å². The molecule has 0 spiro atoms. The molecule has 1 rings (SSSR count).